The Morgan fingerprint density at radius 2 is 1.22 bits per heavy atom. The molecule has 60 valence electrons. The highest BCUT2D eigenvalue weighted by atomic mass is 35.5. The van der Waals surface area contributed by atoms with Crippen LogP contribution in [0.1, 0.15) is 26.7 Å². The van der Waals surface area contributed by atoms with Gasteiger partial charge in [0, 0.05) is 9.52 Å². The zero-order chi connectivity index (χ0) is 5.54. The van der Waals surface area contributed by atoms with Gasteiger partial charge in [0.25, 0.3) is 0 Å². The minimum absolute atomic E-state index is 0. The quantitative estimate of drug-likeness (QED) is 0.471. The van der Waals surface area contributed by atoms with Crippen LogP contribution in [0.2, 0.25) is 12.1 Å². The van der Waals surface area contributed by atoms with Crippen molar-refractivity contribution < 1.29 is 0 Å². The molecule has 9 heavy (non-hydrogen) atoms. The summed E-state index contributed by atoms with van der Waals surface area (Å²) in [5, 5.41) is 0. The molecule has 0 fully saturated rings. The molecule has 0 bridgehead atoms. The van der Waals surface area contributed by atoms with Crippen molar-refractivity contribution >= 4 is 34.3 Å². The monoisotopic (exact) mass is 188 g/mol. The Hall–Kier alpha value is 0.797. The third-order valence-electron chi connectivity index (χ3n) is 1.21. The highest BCUT2D eigenvalue weighted by molar-refractivity contribution is 6.35. The lowest BCUT2D eigenvalue weighted by Gasteiger charge is -1.89. The first kappa shape index (κ1) is 16.4. The molecule has 0 atom stereocenters. The van der Waals surface area contributed by atoms with Gasteiger partial charge in [-0.3, -0.25) is 0 Å². The van der Waals surface area contributed by atoms with E-state index in [-0.39, 0.29) is 24.8 Å². The summed E-state index contributed by atoms with van der Waals surface area (Å²) in [6, 6.07) is 3.13. The molecule has 0 spiro atoms. The summed E-state index contributed by atoms with van der Waals surface area (Å²) in [6.45, 7) is 4.56. The van der Waals surface area contributed by atoms with Crippen molar-refractivity contribution in [3.05, 3.63) is 0 Å². The summed E-state index contributed by atoms with van der Waals surface area (Å²) in [5.74, 6) is 0. The minimum atomic E-state index is 0. The molecule has 0 aromatic heterocycles. The lowest BCUT2D eigenvalue weighted by molar-refractivity contribution is 1.02. The fraction of sp³-hybridized carbons (Fsp3) is 1.00. The standard InChI is InChI=1S/C6H16Si.2ClH/c1-3-5-7-6-4-2;;/h3-7H2,1-2H3;2*1H. The van der Waals surface area contributed by atoms with Crippen LogP contribution in [0.15, 0.2) is 0 Å². The summed E-state index contributed by atoms with van der Waals surface area (Å²) in [7, 11) is 0.411. The molecular formula is C6H18Cl2Si. The van der Waals surface area contributed by atoms with Gasteiger partial charge in [-0.25, -0.2) is 0 Å². The van der Waals surface area contributed by atoms with E-state index in [9.17, 15) is 0 Å². The van der Waals surface area contributed by atoms with Gasteiger partial charge in [0.05, 0.1) is 0 Å². The zero-order valence-electron chi connectivity index (χ0n) is 6.35. The van der Waals surface area contributed by atoms with Gasteiger partial charge in [0.15, 0.2) is 0 Å². The molecule has 0 amide bonds. The van der Waals surface area contributed by atoms with Crippen molar-refractivity contribution in [3.8, 4) is 0 Å². The normalized spacial score (nSPS) is 7.33. The van der Waals surface area contributed by atoms with Crippen molar-refractivity contribution in [2.24, 2.45) is 0 Å². The van der Waals surface area contributed by atoms with Gasteiger partial charge < -0.3 is 0 Å². The minimum Gasteiger partial charge on any atom is -0.147 e. The summed E-state index contributed by atoms with van der Waals surface area (Å²) >= 11 is 0. The van der Waals surface area contributed by atoms with E-state index < -0.39 is 0 Å². The predicted molar refractivity (Wildman–Crippen MR) is 53.2 cm³/mol. The molecular weight excluding hydrogens is 171 g/mol. The Morgan fingerprint density at radius 3 is 1.44 bits per heavy atom. The van der Waals surface area contributed by atoms with Gasteiger partial charge in [-0.15, -0.1) is 24.8 Å². The molecule has 0 aliphatic heterocycles. The largest absolute Gasteiger partial charge is 0.147 e. The van der Waals surface area contributed by atoms with Crippen molar-refractivity contribution in [1.29, 1.82) is 0 Å². The van der Waals surface area contributed by atoms with Crippen LogP contribution < -0.4 is 0 Å². The Bertz CT molecular complexity index is 30.2. The van der Waals surface area contributed by atoms with Crippen LogP contribution in [0.5, 0.6) is 0 Å². The van der Waals surface area contributed by atoms with Gasteiger partial charge >= 0.3 is 0 Å². The average Bonchev–Trinajstić information content (AvgIpc) is 1.69. The SMILES string of the molecule is CCC[SiH2]CCC.Cl.Cl. The zero-order valence-corrected chi connectivity index (χ0v) is 9.40. The van der Waals surface area contributed by atoms with Gasteiger partial charge in [0.1, 0.15) is 0 Å². The topological polar surface area (TPSA) is 0 Å². The van der Waals surface area contributed by atoms with E-state index in [0.717, 1.165) is 0 Å². The predicted octanol–water partition coefficient (Wildman–Crippen LogP) is 2.66. The Balaban J connectivity index is -0.000000180. The average molecular weight is 189 g/mol. The molecule has 0 radical (unpaired) electrons. The van der Waals surface area contributed by atoms with Crippen LogP contribution in [0.25, 0.3) is 0 Å². The second kappa shape index (κ2) is 15.9. The first-order valence-electron chi connectivity index (χ1n) is 3.41. The van der Waals surface area contributed by atoms with Crippen LogP contribution >= 0.6 is 24.8 Å². The molecule has 0 aliphatic carbocycles. The highest BCUT2D eigenvalue weighted by Crippen LogP contribution is 1.92. The van der Waals surface area contributed by atoms with Crippen LogP contribution in [-0.4, -0.2) is 9.52 Å². The number of halogens is 2. The second-order valence-electron chi connectivity index (χ2n) is 2.06. The highest BCUT2D eigenvalue weighted by Gasteiger charge is 1.81. The van der Waals surface area contributed by atoms with E-state index in [1.54, 1.807) is 12.1 Å². The summed E-state index contributed by atoms with van der Waals surface area (Å²) < 4.78 is 0. The molecule has 3 heteroatoms. The second-order valence-corrected chi connectivity index (χ2v) is 4.18. The van der Waals surface area contributed by atoms with Crippen molar-refractivity contribution in [2.75, 3.05) is 0 Å². The van der Waals surface area contributed by atoms with Crippen LogP contribution in [0, 0.1) is 0 Å². The Labute approximate surface area is 73.4 Å². The van der Waals surface area contributed by atoms with Crippen molar-refractivity contribution in [3.63, 3.8) is 0 Å². The van der Waals surface area contributed by atoms with E-state index in [4.69, 9.17) is 0 Å². The maximum Gasteiger partial charge on any atom is 0.0197 e. The van der Waals surface area contributed by atoms with Crippen LogP contribution in [-0.2, 0) is 0 Å². The molecule has 0 saturated heterocycles. The fourth-order valence-corrected chi connectivity index (χ4v) is 2.03. The molecule has 0 nitrogen and oxygen atoms in total. The smallest absolute Gasteiger partial charge is 0.0197 e. The van der Waals surface area contributed by atoms with Gasteiger partial charge in [-0.2, -0.15) is 0 Å². The number of hydrogen-bond donors (Lipinski definition) is 0. The van der Waals surface area contributed by atoms with E-state index in [2.05, 4.69) is 13.8 Å². The molecule has 0 unspecified atom stereocenters. The lowest BCUT2D eigenvalue weighted by atomic mass is 10.6. The Morgan fingerprint density at radius 1 is 0.889 bits per heavy atom. The van der Waals surface area contributed by atoms with E-state index in [0.29, 0.717) is 9.52 Å². The molecule has 0 heterocycles. The summed E-state index contributed by atoms with van der Waals surface area (Å²) in [4.78, 5) is 0. The molecule has 0 rings (SSSR count). The lowest BCUT2D eigenvalue weighted by Crippen LogP contribution is -1.84. The van der Waals surface area contributed by atoms with Gasteiger partial charge in [-0.05, 0) is 0 Å². The third kappa shape index (κ3) is 17.7. The summed E-state index contributed by atoms with van der Waals surface area (Å²) in [6.07, 6.45) is 2.85. The maximum absolute atomic E-state index is 2.28. The Kier molecular flexibility index (Phi) is 29.0. The maximum atomic E-state index is 2.28. The molecule has 0 N–H and O–H groups in total. The first-order valence-corrected chi connectivity index (χ1v) is 5.41. The third-order valence-corrected chi connectivity index (χ3v) is 3.62. The van der Waals surface area contributed by atoms with E-state index in [1.807, 2.05) is 0 Å². The molecule has 0 aromatic carbocycles. The van der Waals surface area contributed by atoms with Crippen molar-refractivity contribution in [1.82, 2.24) is 0 Å². The molecule has 0 aliphatic rings. The fourth-order valence-electron chi connectivity index (χ4n) is 0.677. The van der Waals surface area contributed by atoms with E-state index in [1.165, 1.54) is 12.8 Å². The number of rotatable bonds is 4. The summed E-state index contributed by atoms with van der Waals surface area (Å²) in [5.41, 5.74) is 0. The number of hydrogen-bond acceptors (Lipinski definition) is 0. The van der Waals surface area contributed by atoms with Gasteiger partial charge in [-0.1, -0.05) is 38.8 Å². The van der Waals surface area contributed by atoms with Crippen LogP contribution in [0.3, 0.4) is 0 Å². The van der Waals surface area contributed by atoms with E-state index >= 15 is 0 Å². The van der Waals surface area contributed by atoms with Gasteiger partial charge in [0.2, 0.25) is 0 Å². The molecule has 0 aromatic rings. The first-order chi connectivity index (χ1) is 3.41. The van der Waals surface area contributed by atoms with Crippen LogP contribution in [0.4, 0.5) is 0 Å². The molecule has 0 saturated carbocycles. The van der Waals surface area contributed by atoms with Crippen molar-refractivity contribution in [2.45, 2.75) is 38.8 Å².